The largest absolute Gasteiger partial charge is 0.492 e. The normalized spacial score (nSPS) is 14.3. The minimum Gasteiger partial charge on any atom is -0.492 e. The van der Waals surface area contributed by atoms with E-state index >= 15 is 0 Å². The summed E-state index contributed by atoms with van der Waals surface area (Å²) < 4.78 is 7.73. The number of ether oxygens (including phenoxy) is 1. The van der Waals surface area contributed by atoms with Gasteiger partial charge in [0.25, 0.3) is 0 Å². The van der Waals surface area contributed by atoms with Crippen molar-refractivity contribution in [1.29, 1.82) is 0 Å². The SMILES string of the molecule is CCOc1ccccc1N1CCN(c2nccn3nc(-c4ccc(Cl)cc4)cc23)CC1. The maximum Gasteiger partial charge on any atom is 0.154 e. The summed E-state index contributed by atoms with van der Waals surface area (Å²) in [5, 5.41) is 5.46. The third-order valence-corrected chi connectivity index (χ3v) is 5.85. The van der Waals surface area contributed by atoms with Crippen LogP contribution in [0.3, 0.4) is 0 Å². The van der Waals surface area contributed by atoms with Gasteiger partial charge in [0.15, 0.2) is 5.82 Å². The van der Waals surface area contributed by atoms with Crippen LogP contribution in [0.5, 0.6) is 5.75 Å². The van der Waals surface area contributed by atoms with E-state index in [4.69, 9.17) is 26.4 Å². The zero-order chi connectivity index (χ0) is 21.2. The van der Waals surface area contributed by atoms with Crippen molar-refractivity contribution in [2.24, 2.45) is 0 Å². The lowest BCUT2D eigenvalue weighted by molar-refractivity contribution is 0.340. The van der Waals surface area contributed by atoms with Gasteiger partial charge in [0.05, 0.1) is 18.0 Å². The number of fused-ring (bicyclic) bond motifs is 1. The smallest absolute Gasteiger partial charge is 0.154 e. The number of benzene rings is 2. The zero-order valence-electron chi connectivity index (χ0n) is 17.4. The molecule has 2 aromatic heterocycles. The molecular formula is C24H24ClN5O. The molecule has 4 aromatic rings. The first-order chi connectivity index (χ1) is 15.2. The number of rotatable bonds is 5. The van der Waals surface area contributed by atoms with Gasteiger partial charge in [-0.2, -0.15) is 5.10 Å². The molecule has 7 heteroatoms. The molecule has 1 saturated heterocycles. The van der Waals surface area contributed by atoms with Crippen LogP contribution >= 0.6 is 11.6 Å². The first-order valence-electron chi connectivity index (χ1n) is 10.5. The Balaban J connectivity index is 1.38. The molecule has 1 fully saturated rings. The summed E-state index contributed by atoms with van der Waals surface area (Å²) in [5.74, 6) is 1.91. The third-order valence-electron chi connectivity index (χ3n) is 5.59. The predicted molar refractivity (Wildman–Crippen MR) is 125 cm³/mol. The second-order valence-electron chi connectivity index (χ2n) is 7.49. The fourth-order valence-electron chi connectivity index (χ4n) is 4.07. The van der Waals surface area contributed by atoms with Crippen molar-refractivity contribution in [1.82, 2.24) is 14.6 Å². The molecule has 2 aromatic carbocycles. The number of anilines is 2. The lowest BCUT2D eigenvalue weighted by Gasteiger charge is -2.37. The van der Waals surface area contributed by atoms with E-state index in [-0.39, 0.29) is 0 Å². The topological polar surface area (TPSA) is 45.9 Å². The Morgan fingerprint density at radius 1 is 0.968 bits per heavy atom. The minimum absolute atomic E-state index is 0.667. The lowest BCUT2D eigenvalue weighted by Crippen LogP contribution is -2.47. The van der Waals surface area contributed by atoms with Crippen LogP contribution in [0.1, 0.15) is 6.92 Å². The van der Waals surface area contributed by atoms with E-state index in [0.29, 0.717) is 6.61 Å². The molecule has 6 nitrogen and oxygen atoms in total. The molecule has 3 heterocycles. The highest BCUT2D eigenvalue weighted by Crippen LogP contribution is 2.31. The monoisotopic (exact) mass is 433 g/mol. The summed E-state index contributed by atoms with van der Waals surface area (Å²) in [6, 6.07) is 18.1. The zero-order valence-corrected chi connectivity index (χ0v) is 18.2. The Morgan fingerprint density at radius 2 is 1.71 bits per heavy atom. The van der Waals surface area contributed by atoms with Crippen LogP contribution in [-0.4, -0.2) is 47.4 Å². The van der Waals surface area contributed by atoms with E-state index in [9.17, 15) is 0 Å². The Bertz CT molecular complexity index is 1180. The minimum atomic E-state index is 0.667. The predicted octanol–water partition coefficient (Wildman–Crippen LogP) is 4.78. The summed E-state index contributed by atoms with van der Waals surface area (Å²) in [5.41, 5.74) is 4.12. The standard InChI is InChI=1S/C24H24ClN5O/c1-2-31-23-6-4-3-5-21(23)28-13-15-29(16-14-28)24-22-17-20(27-30(22)12-11-26-24)18-7-9-19(25)10-8-18/h3-12,17H,2,13-16H2,1H3. The van der Waals surface area contributed by atoms with Crippen LogP contribution in [0, 0.1) is 0 Å². The number of nitrogens with zero attached hydrogens (tertiary/aromatic N) is 5. The fraction of sp³-hybridized carbons (Fsp3) is 0.250. The molecule has 31 heavy (non-hydrogen) atoms. The first kappa shape index (κ1) is 19.7. The molecule has 0 bridgehead atoms. The number of para-hydroxylation sites is 2. The second-order valence-corrected chi connectivity index (χ2v) is 7.93. The molecule has 0 saturated carbocycles. The fourth-order valence-corrected chi connectivity index (χ4v) is 4.19. The van der Waals surface area contributed by atoms with E-state index in [1.165, 1.54) is 0 Å². The van der Waals surface area contributed by atoms with Crippen molar-refractivity contribution in [3.63, 3.8) is 0 Å². The van der Waals surface area contributed by atoms with Crippen molar-refractivity contribution in [2.75, 3.05) is 42.6 Å². The van der Waals surface area contributed by atoms with E-state index in [2.05, 4.69) is 28.0 Å². The second kappa shape index (κ2) is 8.47. The van der Waals surface area contributed by atoms with Gasteiger partial charge in [0, 0.05) is 49.2 Å². The Hall–Kier alpha value is -3.25. The average molecular weight is 434 g/mol. The van der Waals surface area contributed by atoms with Gasteiger partial charge in [-0.3, -0.25) is 0 Å². The van der Waals surface area contributed by atoms with Crippen molar-refractivity contribution in [3.8, 4) is 17.0 Å². The van der Waals surface area contributed by atoms with Gasteiger partial charge in [0.1, 0.15) is 11.3 Å². The van der Waals surface area contributed by atoms with Crippen LogP contribution < -0.4 is 14.5 Å². The number of aromatic nitrogens is 3. The number of hydrogen-bond donors (Lipinski definition) is 0. The third kappa shape index (κ3) is 3.91. The van der Waals surface area contributed by atoms with Crippen LogP contribution in [0.4, 0.5) is 11.5 Å². The molecule has 0 amide bonds. The van der Waals surface area contributed by atoms with Gasteiger partial charge in [-0.15, -0.1) is 0 Å². The average Bonchev–Trinajstić information content (AvgIpc) is 3.25. The quantitative estimate of drug-likeness (QED) is 0.453. The van der Waals surface area contributed by atoms with Gasteiger partial charge >= 0.3 is 0 Å². The van der Waals surface area contributed by atoms with Gasteiger partial charge in [-0.1, -0.05) is 35.9 Å². The maximum absolute atomic E-state index is 6.03. The van der Waals surface area contributed by atoms with Crippen LogP contribution in [0.25, 0.3) is 16.8 Å². The summed E-state index contributed by atoms with van der Waals surface area (Å²) in [4.78, 5) is 9.42. The summed E-state index contributed by atoms with van der Waals surface area (Å²) in [6.45, 7) is 6.27. The Morgan fingerprint density at radius 3 is 2.48 bits per heavy atom. The van der Waals surface area contributed by atoms with Crippen molar-refractivity contribution >= 4 is 28.6 Å². The number of halogens is 1. The van der Waals surface area contributed by atoms with E-state index in [1.54, 1.807) is 0 Å². The highest BCUT2D eigenvalue weighted by molar-refractivity contribution is 6.30. The summed E-state index contributed by atoms with van der Waals surface area (Å²) in [7, 11) is 0. The lowest BCUT2D eigenvalue weighted by atomic mass is 10.1. The number of hydrogen-bond acceptors (Lipinski definition) is 5. The number of piperazine rings is 1. The van der Waals surface area contributed by atoms with Crippen LogP contribution in [0.2, 0.25) is 5.02 Å². The maximum atomic E-state index is 6.03. The summed E-state index contributed by atoms with van der Waals surface area (Å²) >= 11 is 6.03. The molecule has 1 aliphatic rings. The molecule has 158 valence electrons. The van der Waals surface area contributed by atoms with E-state index in [1.807, 2.05) is 60.2 Å². The van der Waals surface area contributed by atoms with Crippen LogP contribution in [0.15, 0.2) is 67.0 Å². The van der Waals surface area contributed by atoms with Crippen molar-refractivity contribution in [3.05, 3.63) is 72.0 Å². The van der Waals surface area contributed by atoms with Crippen molar-refractivity contribution < 1.29 is 4.74 Å². The highest BCUT2D eigenvalue weighted by atomic mass is 35.5. The molecular weight excluding hydrogens is 410 g/mol. The summed E-state index contributed by atoms with van der Waals surface area (Å²) in [6.07, 6.45) is 3.71. The molecule has 0 aliphatic carbocycles. The molecule has 1 aliphatic heterocycles. The first-order valence-corrected chi connectivity index (χ1v) is 10.9. The molecule has 0 radical (unpaired) electrons. The van der Waals surface area contributed by atoms with Gasteiger partial charge in [0.2, 0.25) is 0 Å². The van der Waals surface area contributed by atoms with E-state index in [0.717, 1.165) is 65.2 Å². The van der Waals surface area contributed by atoms with Gasteiger partial charge < -0.3 is 14.5 Å². The van der Waals surface area contributed by atoms with E-state index < -0.39 is 0 Å². The molecule has 0 unspecified atom stereocenters. The van der Waals surface area contributed by atoms with Crippen LogP contribution in [-0.2, 0) is 0 Å². The highest BCUT2D eigenvalue weighted by Gasteiger charge is 2.22. The van der Waals surface area contributed by atoms with Gasteiger partial charge in [-0.25, -0.2) is 9.50 Å². The molecule has 0 N–H and O–H groups in total. The molecule has 0 atom stereocenters. The molecule has 5 rings (SSSR count). The molecule has 0 spiro atoms. The van der Waals surface area contributed by atoms with Crippen molar-refractivity contribution in [2.45, 2.75) is 6.92 Å². The van der Waals surface area contributed by atoms with Gasteiger partial charge in [-0.05, 0) is 37.3 Å². The Labute approximate surface area is 186 Å². The Kier molecular flexibility index (Phi) is 5.38.